The number of benzene rings is 2. The van der Waals surface area contributed by atoms with E-state index in [9.17, 15) is 23.3 Å². The highest BCUT2D eigenvalue weighted by atomic mass is 32.2. The predicted molar refractivity (Wildman–Crippen MR) is 120 cm³/mol. The van der Waals surface area contributed by atoms with Crippen LogP contribution in [-0.4, -0.2) is 42.0 Å². The van der Waals surface area contributed by atoms with E-state index in [0.29, 0.717) is 24.6 Å². The Balaban J connectivity index is 1.55. The van der Waals surface area contributed by atoms with Crippen LogP contribution in [0.5, 0.6) is 5.75 Å². The van der Waals surface area contributed by atoms with Crippen molar-refractivity contribution >= 4 is 33.0 Å². The van der Waals surface area contributed by atoms with E-state index < -0.39 is 20.6 Å². The minimum atomic E-state index is -4.08. The van der Waals surface area contributed by atoms with Gasteiger partial charge in [0.25, 0.3) is 5.69 Å². The molecule has 0 saturated carbocycles. The molecule has 0 aliphatic carbocycles. The third-order valence-electron chi connectivity index (χ3n) is 4.49. The number of imidazole rings is 1. The first-order chi connectivity index (χ1) is 15.7. The van der Waals surface area contributed by atoms with Gasteiger partial charge < -0.3 is 19.9 Å². The van der Waals surface area contributed by atoms with E-state index in [1.54, 1.807) is 36.8 Å². The van der Waals surface area contributed by atoms with Crippen LogP contribution in [0.25, 0.3) is 0 Å². The smallest absolute Gasteiger partial charge is 0.293 e. The van der Waals surface area contributed by atoms with Gasteiger partial charge in [0.05, 0.1) is 28.4 Å². The van der Waals surface area contributed by atoms with Crippen LogP contribution in [0.15, 0.2) is 66.1 Å². The van der Waals surface area contributed by atoms with E-state index >= 15 is 0 Å². The van der Waals surface area contributed by atoms with Gasteiger partial charge in [0.2, 0.25) is 15.9 Å². The topological polar surface area (TPSA) is 171 Å². The summed E-state index contributed by atoms with van der Waals surface area (Å²) in [6.07, 6.45) is 5.16. The summed E-state index contributed by atoms with van der Waals surface area (Å²) in [6, 6.07) is 10.2. The van der Waals surface area contributed by atoms with Crippen LogP contribution < -0.4 is 20.5 Å². The summed E-state index contributed by atoms with van der Waals surface area (Å²) in [7, 11) is -4.08. The fraction of sp³-hybridized carbons (Fsp3) is 0.200. The zero-order chi connectivity index (χ0) is 23.8. The highest BCUT2D eigenvalue weighted by Gasteiger charge is 2.19. The highest BCUT2D eigenvalue weighted by Crippen LogP contribution is 2.27. The van der Waals surface area contributed by atoms with E-state index in [1.165, 1.54) is 6.07 Å². The molecule has 0 fully saturated rings. The van der Waals surface area contributed by atoms with E-state index in [0.717, 1.165) is 12.1 Å². The van der Waals surface area contributed by atoms with Gasteiger partial charge in [-0.05, 0) is 24.3 Å². The number of ether oxygens (including phenoxy) is 1. The summed E-state index contributed by atoms with van der Waals surface area (Å²) in [6.45, 7) is 1.04. The quantitative estimate of drug-likeness (QED) is 0.279. The lowest BCUT2D eigenvalue weighted by atomic mass is 10.2. The average molecular weight is 474 g/mol. The number of nitro groups is 1. The number of sulfonamides is 1. The molecule has 0 unspecified atom stereocenters. The fourth-order valence-corrected chi connectivity index (χ4v) is 3.42. The molecular weight excluding hydrogens is 452 g/mol. The van der Waals surface area contributed by atoms with E-state index in [1.807, 2.05) is 10.8 Å². The van der Waals surface area contributed by atoms with Gasteiger partial charge in [-0.25, -0.2) is 18.5 Å². The van der Waals surface area contributed by atoms with Gasteiger partial charge in [-0.1, -0.05) is 12.1 Å². The van der Waals surface area contributed by atoms with Crippen LogP contribution in [0.3, 0.4) is 0 Å². The van der Waals surface area contributed by atoms with Crippen molar-refractivity contribution < 1.29 is 22.9 Å². The Kier molecular flexibility index (Phi) is 7.58. The molecule has 3 rings (SSSR count). The second-order valence-corrected chi connectivity index (χ2v) is 8.41. The molecule has 1 amide bonds. The molecule has 12 nitrogen and oxygen atoms in total. The number of primary sulfonamides is 1. The van der Waals surface area contributed by atoms with E-state index in [4.69, 9.17) is 9.88 Å². The number of rotatable bonds is 11. The van der Waals surface area contributed by atoms with Gasteiger partial charge in [-0.3, -0.25) is 14.9 Å². The molecule has 0 atom stereocenters. The Bertz CT molecular complexity index is 1230. The number of carbonyl (C=O) groups is 1. The highest BCUT2D eigenvalue weighted by molar-refractivity contribution is 7.89. The minimum absolute atomic E-state index is 0.00252. The van der Waals surface area contributed by atoms with Crippen molar-refractivity contribution in [1.29, 1.82) is 0 Å². The second kappa shape index (κ2) is 10.6. The molecule has 1 aromatic heterocycles. The maximum atomic E-state index is 12.4. The molecule has 0 spiro atoms. The normalized spacial score (nSPS) is 11.1. The van der Waals surface area contributed by atoms with Crippen LogP contribution in [0.4, 0.5) is 17.1 Å². The first-order valence-corrected chi connectivity index (χ1v) is 11.3. The summed E-state index contributed by atoms with van der Waals surface area (Å²) in [5, 5.41) is 21.8. The number of carbonyl (C=O) groups excluding carboxylic acids is 1. The molecule has 1 heterocycles. The molecule has 33 heavy (non-hydrogen) atoms. The Morgan fingerprint density at radius 1 is 1.21 bits per heavy atom. The Morgan fingerprint density at radius 2 is 2.00 bits per heavy atom. The number of nitrogens with zero attached hydrogens (tertiary/aromatic N) is 3. The summed E-state index contributed by atoms with van der Waals surface area (Å²) >= 11 is 0. The number of nitro benzene ring substituents is 1. The molecule has 0 saturated heterocycles. The van der Waals surface area contributed by atoms with Crippen LogP contribution in [-0.2, 0) is 21.4 Å². The lowest BCUT2D eigenvalue weighted by Crippen LogP contribution is -2.18. The summed E-state index contributed by atoms with van der Waals surface area (Å²) < 4.78 is 30.4. The van der Waals surface area contributed by atoms with Crippen molar-refractivity contribution in [3.8, 4) is 5.75 Å². The fourth-order valence-electron chi connectivity index (χ4n) is 2.89. The van der Waals surface area contributed by atoms with Gasteiger partial charge in [0.1, 0.15) is 18.0 Å². The zero-order valence-electron chi connectivity index (χ0n) is 17.4. The molecule has 4 N–H and O–H groups in total. The maximum absolute atomic E-state index is 12.4. The lowest BCUT2D eigenvalue weighted by Gasteiger charge is -2.13. The van der Waals surface area contributed by atoms with Crippen molar-refractivity contribution in [1.82, 2.24) is 9.55 Å². The number of anilines is 2. The monoisotopic (exact) mass is 474 g/mol. The molecule has 13 heteroatoms. The van der Waals surface area contributed by atoms with Gasteiger partial charge >= 0.3 is 0 Å². The third-order valence-corrected chi connectivity index (χ3v) is 5.40. The van der Waals surface area contributed by atoms with Gasteiger partial charge in [0, 0.05) is 31.4 Å². The van der Waals surface area contributed by atoms with Crippen molar-refractivity contribution in [3.05, 3.63) is 71.3 Å². The maximum Gasteiger partial charge on any atom is 0.293 e. The molecular formula is C20H22N6O6S. The third kappa shape index (κ3) is 6.75. The number of hydrogen-bond acceptors (Lipinski definition) is 8. The number of nitrogens with one attached hydrogen (secondary N) is 2. The van der Waals surface area contributed by atoms with Crippen LogP contribution in [0.2, 0.25) is 0 Å². The summed E-state index contributed by atoms with van der Waals surface area (Å²) in [5.74, 6) is 0.171. The molecule has 0 bridgehead atoms. The summed E-state index contributed by atoms with van der Waals surface area (Å²) in [5.41, 5.74) is 0.110. The van der Waals surface area contributed by atoms with Crippen LogP contribution in [0.1, 0.15) is 6.42 Å². The molecule has 3 aromatic rings. The van der Waals surface area contributed by atoms with Gasteiger partial charge in [-0.15, -0.1) is 0 Å². The lowest BCUT2D eigenvalue weighted by molar-refractivity contribution is -0.384. The SMILES string of the molecule is NS(=O)(=O)c1ccc(NCCC(=O)Nc2ccccc2OCCn2ccnc2)c([N+](=O)[O-])c1. The number of para-hydroxylation sites is 2. The average Bonchev–Trinajstić information content (AvgIpc) is 3.28. The number of amides is 1. The van der Waals surface area contributed by atoms with Crippen LogP contribution >= 0.6 is 0 Å². The van der Waals surface area contributed by atoms with Crippen molar-refractivity contribution in [3.63, 3.8) is 0 Å². The van der Waals surface area contributed by atoms with Crippen molar-refractivity contribution in [2.45, 2.75) is 17.9 Å². The van der Waals surface area contributed by atoms with E-state index in [2.05, 4.69) is 15.6 Å². The second-order valence-electron chi connectivity index (χ2n) is 6.85. The minimum Gasteiger partial charge on any atom is -0.490 e. The standard InChI is InChI=1S/C20H22N6O6S/c21-33(30,31)15-5-6-16(18(13-15)26(28)29)23-8-7-20(27)24-17-3-1-2-4-19(17)32-12-11-25-10-9-22-14-25/h1-6,9-10,13-14,23H,7-8,11-12H2,(H,24,27)(H2,21,30,31). The Hall–Kier alpha value is -3.97. The van der Waals surface area contributed by atoms with Gasteiger partial charge in [-0.2, -0.15) is 0 Å². The molecule has 0 aliphatic rings. The largest absolute Gasteiger partial charge is 0.490 e. The first-order valence-electron chi connectivity index (χ1n) is 9.76. The predicted octanol–water partition coefficient (Wildman–Crippen LogP) is 1.96. The van der Waals surface area contributed by atoms with Crippen molar-refractivity contribution in [2.24, 2.45) is 5.14 Å². The summed E-state index contributed by atoms with van der Waals surface area (Å²) in [4.78, 5) is 26.5. The van der Waals surface area contributed by atoms with Crippen molar-refractivity contribution in [2.75, 3.05) is 23.8 Å². The molecule has 0 radical (unpaired) electrons. The number of nitrogens with two attached hydrogens (primary N) is 1. The Morgan fingerprint density at radius 3 is 2.70 bits per heavy atom. The Labute approximate surface area is 189 Å². The zero-order valence-corrected chi connectivity index (χ0v) is 18.2. The molecule has 174 valence electrons. The first kappa shape index (κ1) is 23.7. The van der Waals surface area contributed by atoms with Crippen LogP contribution in [0, 0.1) is 10.1 Å². The number of aromatic nitrogens is 2. The van der Waals surface area contributed by atoms with E-state index in [-0.39, 0.29) is 29.5 Å². The number of hydrogen-bond donors (Lipinski definition) is 3. The molecule has 0 aliphatic heterocycles. The van der Waals surface area contributed by atoms with Gasteiger partial charge in [0.15, 0.2) is 0 Å². The molecule has 2 aromatic carbocycles.